The highest BCUT2D eigenvalue weighted by atomic mass is 14.3. The lowest BCUT2D eigenvalue weighted by molar-refractivity contribution is 1.32. The van der Waals surface area contributed by atoms with Crippen molar-refractivity contribution in [3.05, 3.63) is 167 Å². The second kappa shape index (κ2) is 11.5. The third-order valence-corrected chi connectivity index (χ3v) is 13.4. The molecule has 0 aliphatic heterocycles. The summed E-state index contributed by atoms with van der Waals surface area (Å²) in [7, 11) is 0. The highest BCUT2D eigenvalue weighted by molar-refractivity contribution is 6.30. The van der Waals surface area contributed by atoms with Gasteiger partial charge in [0.2, 0.25) is 0 Å². The minimum Gasteiger partial charge on any atom is -0.192 e. The van der Waals surface area contributed by atoms with E-state index >= 15 is 0 Å². The van der Waals surface area contributed by atoms with Gasteiger partial charge >= 0.3 is 0 Å². The van der Waals surface area contributed by atoms with Crippen LogP contribution < -0.4 is 0 Å². The van der Waals surface area contributed by atoms with Crippen LogP contribution in [0.25, 0.3) is 121 Å². The van der Waals surface area contributed by atoms with Crippen molar-refractivity contribution >= 4 is 53.9 Å². The van der Waals surface area contributed by atoms with E-state index in [1.807, 2.05) is 0 Å². The predicted molar refractivity (Wildman–Crippen MR) is 242 cm³/mol. The van der Waals surface area contributed by atoms with Gasteiger partial charge in [-0.05, 0) is 196 Å². The Bertz CT molecular complexity index is 3430. The zero-order chi connectivity index (χ0) is 39.1. The molecule has 0 N–H and O–H groups in total. The van der Waals surface area contributed by atoms with Crippen LogP contribution in [0, 0.1) is 50.4 Å². The fourth-order valence-corrected chi connectivity index (χ4v) is 10.5. The Morgan fingerprint density at radius 2 is 0.672 bits per heavy atom. The Kier molecular flexibility index (Phi) is 6.49. The van der Waals surface area contributed by atoms with Crippen molar-refractivity contribution in [1.82, 2.24) is 0 Å². The summed E-state index contributed by atoms with van der Waals surface area (Å²) in [6.45, 7) is 8.46. The summed E-state index contributed by atoms with van der Waals surface area (Å²) in [6, 6.07) is 54.2. The summed E-state index contributed by atoms with van der Waals surface area (Å²) < 4.78 is 0. The molecular formula is C56H34N2. The van der Waals surface area contributed by atoms with Gasteiger partial charge in [-0.1, -0.05) is 97.1 Å². The Morgan fingerprint density at radius 1 is 0.310 bits per heavy atom. The number of benzene rings is 10. The molecule has 10 aromatic rings. The molecule has 0 heterocycles. The largest absolute Gasteiger partial charge is 0.192 e. The van der Waals surface area contributed by atoms with Crippen LogP contribution in [0.1, 0.15) is 33.4 Å². The smallest absolute Gasteiger partial charge is 0.0998 e. The first-order valence-corrected chi connectivity index (χ1v) is 20.0. The van der Waals surface area contributed by atoms with Crippen molar-refractivity contribution in [1.29, 1.82) is 10.5 Å². The molecular weight excluding hydrogens is 701 g/mol. The average molecular weight is 735 g/mol. The minimum absolute atomic E-state index is 0.690. The fourth-order valence-electron chi connectivity index (χ4n) is 10.5. The van der Waals surface area contributed by atoms with Crippen molar-refractivity contribution < 1.29 is 0 Å². The highest BCUT2D eigenvalue weighted by Crippen LogP contribution is 2.57. The number of nitriles is 2. The number of hydrogen-bond donors (Lipinski definition) is 0. The van der Waals surface area contributed by atoms with Gasteiger partial charge in [-0.15, -0.1) is 0 Å². The van der Waals surface area contributed by atoms with Crippen molar-refractivity contribution in [3.63, 3.8) is 0 Å². The molecule has 2 nitrogen and oxygen atoms in total. The Balaban J connectivity index is 1.26. The van der Waals surface area contributed by atoms with Crippen LogP contribution in [0.4, 0.5) is 0 Å². The van der Waals surface area contributed by atoms with E-state index < -0.39 is 0 Å². The molecule has 12 rings (SSSR count). The summed E-state index contributed by atoms with van der Waals surface area (Å²) in [6.07, 6.45) is 0. The molecule has 0 amide bonds. The number of fused-ring (bicyclic) bond motifs is 11. The standard InChI is InChI=1S/C56H34N2/c1-29-21-35(27-57)45(23-31(29)3)53-41-19-17-38-37(47(41)25-49-39-13-5-9-33-11-7-15-43(51(33)39)55(49)53)18-20-42-48(38)26-50-40-14-6-10-34-12-8-16-44(52(34)40)56(50)54(42)46-24-32(4)30(2)22-36(46)28-58/h5-26H,1-4H3. The van der Waals surface area contributed by atoms with Crippen LogP contribution in [-0.2, 0) is 0 Å². The summed E-state index contributed by atoms with van der Waals surface area (Å²) in [5, 5.41) is 33.2. The van der Waals surface area contributed by atoms with Gasteiger partial charge in [0.15, 0.2) is 0 Å². The molecule has 0 atom stereocenters. The molecule has 2 aliphatic rings. The van der Waals surface area contributed by atoms with Gasteiger partial charge in [0.25, 0.3) is 0 Å². The summed E-state index contributed by atoms with van der Waals surface area (Å²) >= 11 is 0. The van der Waals surface area contributed by atoms with Crippen LogP contribution in [0.3, 0.4) is 0 Å². The number of rotatable bonds is 2. The second-order valence-electron chi connectivity index (χ2n) is 16.4. The van der Waals surface area contributed by atoms with Gasteiger partial charge < -0.3 is 0 Å². The summed E-state index contributed by atoms with van der Waals surface area (Å²) in [5.74, 6) is 0. The third-order valence-electron chi connectivity index (χ3n) is 13.4. The quantitative estimate of drug-likeness (QED) is 0.166. The molecule has 0 spiro atoms. The Hall–Kier alpha value is -7.52. The van der Waals surface area contributed by atoms with E-state index in [0.29, 0.717) is 11.1 Å². The monoisotopic (exact) mass is 734 g/mol. The van der Waals surface area contributed by atoms with E-state index in [1.165, 1.54) is 88.0 Å². The van der Waals surface area contributed by atoms with E-state index in [1.54, 1.807) is 0 Å². The van der Waals surface area contributed by atoms with E-state index in [4.69, 9.17) is 0 Å². The minimum atomic E-state index is 0.690. The Labute approximate surface area is 336 Å². The third kappa shape index (κ3) is 4.14. The van der Waals surface area contributed by atoms with Crippen LogP contribution in [0.2, 0.25) is 0 Å². The molecule has 0 fully saturated rings. The predicted octanol–water partition coefficient (Wildman–Crippen LogP) is 15.1. The van der Waals surface area contributed by atoms with E-state index in [2.05, 4.69) is 173 Å². The second-order valence-corrected chi connectivity index (χ2v) is 16.4. The maximum atomic E-state index is 10.6. The van der Waals surface area contributed by atoms with Gasteiger partial charge in [-0.2, -0.15) is 10.5 Å². The molecule has 268 valence electrons. The molecule has 58 heavy (non-hydrogen) atoms. The Morgan fingerprint density at radius 3 is 1.07 bits per heavy atom. The molecule has 0 saturated carbocycles. The van der Waals surface area contributed by atoms with Crippen LogP contribution in [-0.4, -0.2) is 0 Å². The number of nitrogens with zero attached hydrogens (tertiary/aromatic N) is 2. The normalized spacial score (nSPS) is 12.1. The summed E-state index contributed by atoms with van der Waals surface area (Å²) in [4.78, 5) is 0. The lowest BCUT2D eigenvalue weighted by atomic mass is 9.82. The first-order valence-electron chi connectivity index (χ1n) is 20.0. The first-order chi connectivity index (χ1) is 28.3. The first kappa shape index (κ1) is 32.7. The zero-order valence-corrected chi connectivity index (χ0v) is 32.6. The van der Waals surface area contributed by atoms with Crippen LogP contribution >= 0.6 is 0 Å². The van der Waals surface area contributed by atoms with E-state index in [-0.39, 0.29) is 0 Å². The number of aryl methyl sites for hydroxylation is 4. The molecule has 10 aromatic carbocycles. The molecule has 0 bridgehead atoms. The van der Waals surface area contributed by atoms with Crippen molar-refractivity contribution in [2.45, 2.75) is 27.7 Å². The fraction of sp³-hybridized carbons (Fsp3) is 0.0714. The molecule has 0 saturated heterocycles. The van der Waals surface area contributed by atoms with Gasteiger partial charge in [0.1, 0.15) is 0 Å². The zero-order valence-electron chi connectivity index (χ0n) is 32.6. The molecule has 0 unspecified atom stereocenters. The molecule has 0 radical (unpaired) electrons. The maximum Gasteiger partial charge on any atom is 0.0998 e. The van der Waals surface area contributed by atoms with Crippen molar-refractivity contribution in [2.75, 3.05) is 0 Å². The lowest BCUT2D eigenvalue weighted by Crippen LogP contribution is -1.96. The SMILES string of the molecule is Cc1cc(C#N)c(-c2c3c(cc4c2ccc2c5cc6c(c(-c7cc(C)c(C)cc7C#N)c5ccc42)-c2cccc4cccc-6c24)-c2cccc4cccc-3c24)cc1C. The summed E-state index contributed by atoms with van der Waals surface area (Å²) in [5.41, 5.74) is 19.8. The highest BCUT2D eigenvalue weighted by Gasteiger charge is 2.31. The maximum absolute atomic E-state index is 10.6. The molecule has 2 heteroatoms. The molecule has 2 aliphatic carbocycles. The van der Waals surface area contributed by atoms with Crippen LogP contribution in [0.15, 0.2) is 133 Å². The van der Waals surface area contributed by atoms with E-state index in [0.717, 1.165) is 54.9 Å². The molecule has 0 aromatic heterocycles. The van der Waals surface area contributed by atoms with E-state index in [9.17, 15) is 10.5 Å². The van der Waals surface area contributed by atoms with Gasteiger partial charge in [-0.3, -0.25) is 0 Å². The lowest BCUT2D eigenvalue weighted by Gasteiger charge is -2.21. The topological polar surface area (TPSA) is 47.6 Å². The van der Waals surface area contributed by atoms with Crippen molar-refractivity contribution in [2.24, 2.45) is 0 Å². The van der Waals surface area contributed by atoms with Crippen LogP contribution in [0.5, 0.6) is 0 Å². The number of hydrogen-bond acceptors (Lipinski definition) is 2. The van der Waals surface area contributed by atoms with Gasteiger partial charge in [0.05, 0.1) is 23.3 Å². The van der Waals surface area contributed by atoms with Gasteiger partial charge in [-0.25, -0.2) is 0 Å². The van der Waals surface area contributed by atoms with Crippen molar-refractivity contribution in [3.8, 4) is 78.9 Å². The van der Waals surface area contributed by atoms with Gasteiger partial charge in [0, 0.05) is 11.1 Å². The average Bonchev–Trinajstić information content (AvgIpc) is 3.75.